The van der Waals surface area contributed by atoms with Crippen LogP contribution in [-0.2, 0) is 9.53 Å². The Hall–Kier alpha value is -2.34. The number of piperidine rings is 1. The molecule has 0 spiro atoms. The molecule has 0 saturated carbocycles. The van der Waals surface area contributed by atoms with Crippen molar-refractivity contribution in [2.45, 2.75) is 45.8 Å². The maximum absolute atomic E-state index is 13.2. The number of rotatable bonds is 2. The first-order chi connectivity index (χ1) is 13.4. The van der Waals surface area contributed by atoms with E-state index >= 15 is 0 Å². The average molecular weight is 383 g/mol. The molecule has 0 radical (unpaired) electrons. The lowest BCUT2D eigenvalue weighted by Gasteiger charge is -2.39. The van der Waals surface area contributed by atoms with Gasteiger partial charge in [0.15, 0.2) is 0 Å². The Bertz CT molecular complexity index is 872. The Kier molecular flexibility index (Phi) is 5.15. The number of carbonyl (C=O) groups is 2. The van der Waals surface area contributed by atoms with Crippen LogP contribution in [0, 0.1) is 12.8 Å². The maximum atomic E-state index is 13.2. The van der Waals surface area contributed by atoms with E-state index in [1.807, 2.05) is 54.8 Å². The molecule has 1 aromatic heterocycles. The number of carbonyl (C=O) groups excluding carboxylic acids is 2. The molecule has 2 unspecified atom stereocenters. The summed E-state index contributed by atoms with van der Waals surface area (Å²) >= 11 is 0. The van der Waals surface area contributed by atoms with E-state index in [0.717, 1.165) is 35.0 Å². The summed E-state index contributed by atoms with van der Waals surface area (Å²) < 4.78 is 5.74. The molecule has 28 heavy (non-hydrogen) atoms. The highest BCUT2D eigenvalue weighted by Gasteiger charge is 2.34. The molecule has 4 rings (SSSR count). The van der Waals surface area contributed by atoms with Crippen molar-refractivity contribution in [3.05, 3.63) is 35.5 Å². The second-order valence-corrected chi connectivity index (χ2v) is 8.24. The summed E-state index contributed by atoms with van der Waals surface area (Å²) in [6, 6.07) is 7.91. The number of fused-ring (bicyclic) bond motifs is 1. The van der Waals surface area contributed by atoms with Gasteiger partial charge in [-0.1, -0.05) is 18.2 Å². The molecule has 150 valence electrons. The first-order valence-electron chi connectivity index (χ1n) is 10.2. The predicted octanol–water partition coefficient (Wildman–Crippen LogP) is 2.96. The van der Waals surface area contributed by atoms with Gasteiger partial charge in [-0.2, -0.15) is 0 Å². The summed E-state index contributed by atoms with van der Waals surface area (Å²) in [6.45, 7) is 8.56. The van der Waals surface area contributed by atoms with Crippen molar-refractivity contribution in [1.29, 1.82) is 0 Å². The van der Waals surface area contributed by atoms with Gasteiger partial charge in [0.1, 0.15) is 0 Å². The number of morpholine rings is 1. The standard InChI is InChI=1S/C22H29N3O3/c1-14-12-25(13-15(2)28-14)21(26)17-8-10-24(11-9-17)22(27)20-16(3)23-19-7-5-4-6-18(19)20/h4-7,14-15,17,23H,8-13H2,1-3H3. The van der Waals surface area contributed by atoms with Crippen LogP contribution < -0.4 is 0 Å². The molecule has 2 aliphatic heterocycles. The van der Waals surface area contributed by atoms with Gasteiger partial charge < -0.3 is 19.5 Å². The van der Waals surface area contributed by atoms with Crippen molar-refractivity contribution >= 4 is 22.7 Å². The van der Waals surface area contributed by atoms with Gasteiger partial charge in [0.05, 0.1) is 17.8 Å². The fourth-order valence-corrected chi connectivity index (χ4v) is 4.66. The van der Waals surface area contributed by atoms with E-state index in [1.165, 1.54) is 0 Å². The minimum Gasteiger partial charge on any atom is -0.372 e. The highest BCUT2D eigenvalue weighted by molar-refractivity contribution is 6.08. The third-order valence-corrected chi connectivity index (χ3v) is 5.97. The molecule has 0 bridgehead atoms. The lowest BCUT2D eigenvalue weighted by Crippen LogP contribution is -2.51. The molecule has 3 heterocycles. The van der Waals surface area contributed by atoms with Crippen LogP contribution in [0.25, 0.3) is 10.9 Å². The molecule has 6 nitrogen and oxygen atoms in total. The molecule has 2 aliphatic rings. The number of H-pyrrole nitrogens is 1. The number of aromatic nitrogens is 1. The van der Waals surface area contributed by atoms with Crippen LogP contribution in [-0.4, -0.2) is 65.0 Å². The Morgan fingerprint density at radius 1 is 1.04 bits per heavy atom. The van der Waals surface area contributed by atoms with E-state index in [2.05, 4.69) is 4.98 Å². The third kappa shape index (κ3) is 3.53. The van der Waals surface area contributed by atoms with Crippen molar-refractivity contribution in [2.24, 2.45) is 5.92 Å². The van der Waals surface area contributed by atoms with E-state index in [4.69, 9.17) is 4.74 Å². The zero-order valence-electron chi connectivity index (χ0n) is 16.9. The molecular formula is C22H29N3O3. The molecule has 6 heteroatoms. The van der Waals surface area contributed by atoms with Gasteiger partial charge >= 0.3 is 0 Å². The summed E-state index contributed by atoms with van der Waals surface area (Å²) in [4.78, 5) is 33.2. The lowest BCUT2D eigenvalue weighted by molar-refractivity contribution is -0.148. The summed E-state index contributed by atoms with van der Waals surface area (Å²) in [7, 11) is 0. The molecule has 1 N–H and O–H groups in total. The quantitative estimate of drug-likeness (QED) is 0.867. The van der Waals surface area contributed by atoms with Crippen LogP contribution in [0.1, 0.15) is 42.7 Å². The van der Waals surface area contributed by atoms with Gasteiger partial charge in [-0.25, -0.2) is 0 Å². The van der Waals surface area contributed by atoms with Gasteiger partial charge in [0.25, 0.3) is 5.91 Å². The van der Waals surface area contributed by atoms with E-state index in [9.17, 15) is 9.59 Å². The number of hydrogen-bond donors (Lipinski definition) is 1. The van der Waals surface area contributed by atoms with Crippen LogP contribution in [0.4, 0.5) is 0 Å². The number of likely N-dealkylation sites (tertiary alicyclic amines) is 1. The van der Waals surface area contributed by atoms with Crippen molar-refractivity contribution in [3.63, 3.8) is 0 Å². The molecule has 2 saturated heterocycles. The average Bonchev–Trinajstić information content (AvgIpc) is 3.02. The first-order valence-corrected chi connectivity index (χ1v) is 10.2. The van der Waals surface area contributed by atoms with Crippen LogP contribution in [0.5, 0.6) is 0 Å². The van der Waals surface area contributed by atoms with Crippen molar-refractivity contribution in [3.8, 4) is 0 Å². The summed E-state index contributed by atoms with van der Waals surface area (Å²) in [5, 5.41) is 0.972. The van der Waals surface area contributed by atoms with Crippen LogP contribution in [0.2, 0.25) is 0 Å². The number of hydrogen-bond acceptors (Lipinski definition) is 3. The highest BCUT2D eigenvalue weighted by Crippen LogP contribution is 2.27. The summed E-state index contributed by atoms with van der Waals surface area (Å²) in [5.41, 5.74) is 2.65. The van der Waals surface area contributed by atoms with Crippen LogP contribution >= 0.6 is 0 Å². The lowest BCUT2D eigenvalue weighted by atomic mass is 9.94. The van der Waals surface area contributed by atoms with Gasteiger partial charge in [-0.15, -0.1) is 0 Å². The summed E-state index contributed by atoms with van der Waals surface area (Å²) in [5.74, 6) is 0.289. The van der Waals surface area contributed by atoms with Crippen molar-refractivity contribution < 1.29 is 14.3 Å². The predicted molar refractivity (Wildman–Crippen MR) is 108 cm³/mol. The number of nitrogens with zero attached hydrogens (tertiary/aromatic N) is 2. The number of aryl methyl sites for hydroxylation is 1. The number of aromatic amines is 1. The highest BCUT2D eigenvalue weighted by atomic mass is 16.5. The Morgan fingerprint density at radius 3 is 2.36 bits per heavy atom. The second-order valence-electron chi connectivity index (χ2n) is 8.24. The molecule has 2 amide bonds. The first kappa shape index (κ1) is 19.0. The Labute approximate surface area is 165 Å². The molecule has 2 fully saturated rings. The van der Waals surface area contributed by atoms with Gasteiger partial charge in [-0.3, -0.25) is 9.59 Å². The number of benzene rings is 1. The Balaban J connectivity index is 1.42. The number of nitrogens with one attached hydrogen (secondary N) is 1. The number of amides is 2. The van der Waals surface area contributed by atoms with E-state index in [0.29, 0.717) is 26.2 Å². The minimum absolute atomic E-state index is 0.00520. The van der Waals surface area contributed by atoms with Gasteiger partial charge in [-0.05, 0) is 39.7 Å². The molecular weight excluding hydrogens is 354 g/mol. The minimum atomic E-state index is 0.00520. The number of ether oxygens (including phenoxy) is 1. The Morgan fingerprint density at radius 2 is 1.68 bits per heavy atom. The normalized spacial score (nSPS) is 24.0. The molecule has 0 aliphatic carbocycles. The van der Waals surface area contributed by atoms with Crippen LogP contribution in [0.15, 0.2) is 24.3 Å². The fourth-order valence-electron chi connectivity index (χ4n) is 4.66. The molecule has 1 aromatic carbocycles. The van der Waals surface area contributed by atoms with E-state index < -0.39 is 0 Å². The zero-order valence-corrected chi connectivity index (χ0v) is 16.9. The third-order valence-electron chi connectivity index (χ3n) is 5.97. The van der Waals surface area contributed by atoms with Crippen LogP contribution in [0.3, 0.4) is 0 Å². The monoisotopic (exact) mass is 383 g/mol. The van der Waals surface area contributed by atoms with E-state index in [1.54, 1.807) is 0 Å². The van der Waals surface area contributed by atoms with Crippen molar-refractivity contribution in [2.75, 3.05) is 26.2 Å². The maximum Gasteiger partial charge on any atom is 0.256 e. The zero-order chi connectivity index (χ0) is 19.8. The largest absolute Gasteiger partial charge is 0.372 e. The fraction of sp³-hybridized carbons (Fsp3) is 0.545. The molecule has 2 aromatic rings. The van der Waals surface area contributed by atoms with E-state index in [-0.39, 0.29) is 29.9 Å². The van der Waals surface area contributed by atoms with Gasteiger partial charge in [0.2, 0.25) is 5.91 Å². The molecule has 2 atom stereocenters. The summed E-state index contributed by atoms with van der Waals surface area (Å²) in [6.07, 6.45) is 1.62. The second kappa shape index (κ2) is 7.59. The SMILES string of the molecule is Cc1[nH]c2ccccc2c1C(=O)N1CCC(C(=O)N2CC(C)OC(C)C2)CC1. The topological polar surface area (TPSA) is 65.6 Å². The van der Waals surface area contributed by atoms with Crippen molar-refractivity contribution in [1.82, 2.24) is 14.8 Å². The van der Waals surface area contributed by atoms with Gasteiger partial charge in [0, 0.05) is 48.7 Å². The number of para-hydroxylation sites is 1. The smallest absolute Gasteiger partial charge is 0.256 e.